The number of anilines is 1. The van der Waals surface area contributed by atoms with Crippen LogP contribution in [-0.4, -0.2) is 67.0 Å². The molecule has 0 spiro atoms. The van der Waals surface area contributed by atoms with Gasteiger partial charge in [0, 0.05) is 44.5 Å². The minimum absolute atomic E-state index is 0.0513. The van der Waals surface area contributed by atoms with Crippen LogP contribution in [0.4, 0.5) is 23.7 Å². The number of nitrogens with one attached hydrogen (secondary N) is 1. The molecule has 2 fully saturated rings. The SMILES string of the molecule is O=C(Nc1cccc(OC(F)(F)F)c1)N1CCN(C(=O)[C@H]2CCCO2)CC1. The van der Waals surface area contributed by atoms with Gasteiger partial charge in [-0.15, -0.1) is 13.2 Å². The van der Waals surface area contributed by atoms with Crippen molar-refractivity contribution in [2.45, 2.75) is 25.3 Å². The fraction of sp³-hybridized carbons (Fsp3) is 0.529. The van der Waals surface area contributed by atoms with E-state index in [4.69, 9.17) is 4.74 Å². The van der Waals surface area contributed by atoms with Gasteiger partial charge in [-0.1, -0.05) is 6.07 Å². The van der Waals surface area contributed by atoms with E-state index in [1.54, 1.807) is 4.90 Å². The first-order chi connectivity index (χ1) is 12.8. The monoisotopic (exact) mass is 387 g/mol. The summed E-state index contributed by atoms with van der Waals surface area (Å²) in [6, 6.07) is 4.64. The highest BCUT2D eigenvalue weighted by atomic mass is 19.4. The zero-order chi connectivity index (χ0) is 19.4. The van der Waals surface area contributed by atoms with E-state index in [1.807, 2.05) is 0 Å². The van der Waals surface area contributed by atoms with Crippen LogP contribution in [0.25, 0.3) is 0 Å². The average molecular weight is 387 g/mol. The van der Waals surface area contributed by atoms with E-state index in [9.17, 15) is 22.8 Å². The van der Waals surface area contributed by atoms with E-state index < -0.39 is 18.1 Å². The first-order valence-corrected chi connectivity index (χ1v) is 8.64. The Hall–Kier alpha value is -2.49. The average Bonchev–Trinajstić information content (AvgIpc) is 3.14. The summed E-state index contributed by atoms with van der Waals surface area (Å²) in [5.41, 5.74) is 0.194. The number of hydrogen-bond donors (Lipinski definition) is 1. The largest absolute Gasteiger partial charge is 0.573 e. The first-order valence-electron chi connectivity index (χ1n) is 8.64. The molecule has 0 aliphatic carbocycles. The number of hydrogen-bond acceptors (Lipinski definition) is 4. The number of nitrogens with zero attached hydrogens (tertiary/aromatic N) is 2. The molecule has 1 N–H and O–H groups in total. The van der Waals surface area contributed by atoms with Gasteiger partial charge in [0.15, 0.2) is 0 Å². The molecule has 1 atom stereocenters. The number of alkyl halides is 3. The van der Waals surface area contributed by atoms with Crippen molar-refractivity contribution in [1.82, 2.24) is 9.80 Å². The highest BCUT2D eigenvalue weighted by Crippen LogP contribution is 2.25. The molecule has 0 unspecified atom stereocenters. The molecular weight excluding hydrogens is 367 g/mol. The second kappa shape index (κ2) is 8.03. The second-order valence-electron chi connectivity index (χ2n) is 6.32. The molecule has 0 aromatic heterocycles. The van der Waals surface area contributed by atoms with Crippen LogP contribution in [0.2, 0.25) is 0 Å². The van der Waals surface area contributed by atoms with Crippen molar-refractivity contribution in [2.75, 3.05) is 38.1 Å². The lowest BCUT2D eigenvalue weighted by molar-refractivity contribution is -0.274. The van der Waals surface area contributed by atoms with E-state index in [1.165, 1.54) is 17.0 Å². The quantitative estimate of drug-likeness (QED) is 0.865. The van der Waals surface area contributed by atoms with Gasteiger partial charge in [-0.25, -0.2) is 4.79 Å². The Morgan fingerprint density at radius 3 is 2.48 bits per heavy atom. The van der Waals surface area contributed by atoms with Crippen molar-refractivity contribution in [3.05, 3.63) is 24.3 Å². The smallest absolute Gasteiger partial charge is 0.406 e. The van der Waals surface area contributed by atoms with Gasteiger partial charge < -0.3 is 24.6 Å². The Morgan fingerprint density at radius 2 is 1.85 bits per heavy atom. The highest BCUT2D eigenvalue weighted by Gasteiger charge is 2.32. The Morgan fingerprint density at radius 1 is 1.15 bits per heavy atom. The molecule has 3 amide bonds. The van der Waals surface area contributed by atoms with Crippen molar-refractivity contribution < 1.29 is 32.2 Å². The maximum absolute atomic E-state index is 12.3. The molecule has 1 aromatic rings. The van der Waals surface area contributed by atoms with Gasteiger partial charge >= 0.3 is 12.4 Å². The molecule has 10 heteroatoms. The molecule has 1 aromatic carbocycles. The summed E-state index contributed by atoms with van der Waals surface area (Å²) in [6.45, 7) is 2.05. The fourth-order valence-corrected chi connectivity index (χ4v) is 3.08. The van der Waals surface area contributed by atoms with Gasteiger partial charge in [-0.3, -0.25) is 4.79 Å². The van der Waals surface area contributed by atoms with Crippen LogP contribution in [-0.2, 0) is 9.53 Å². The Labute approximate surface area is 154 Å². The Balaban J connectivity index is 1.51. The topological polar surface area (TPSA) is 71.1 Å². The molecule has 27 heavy (non-hydrogen) atoms. The number of rotatable bonds is 3. The van der Waals surface area contributed by atoms with Crippen LogP contribution < -0.4 is 10.1 Å². The molecule has 0 bridgehead atoms. The molecule has 0 radical (unpaired) electrons. The van der Waals surface area contributed by atoms with Gasteiger partial charge in [0.05, 0.1) is 0 Å². The minimum Gasteiger partial charge on any atom is -0.406 e. The van der Waals surface area contributed by atoms with Gasteiger partial charge in [0.25, 0.3) is 5.91 Å². The lowest BCUT2D eigenvalue weighted by atomic mass is 10.2. The molecule has 2 heterocycles. The molecule has 2 saturated heterocycles. The summed E-state index contributed by atoms with van der Waals surface area (Å²) in [4.78, 5) is 27.8. The van der Waals surface area contributed by atoms with Crippen LogP contribution in [0.15, 0.2) is 24.3 Å². The van der Waals surface area contributed by atoms with Crippen LogP contribution >= 0.6 is 0 Å². The van der Waals surface area contributed by atoms with Crippen molar-refractivity contribution in [1.29, 1.82) is 0 Å². The maximum Gasteiger partial charge on any atom is 0.573 e. The number of halogens is 3. The zero-order valence-electron chi connectivity index (χ0n) is 14.5. The number of ether oxygens (including phenoxy) is 2. The third-order valence-electron chi connectivity index (χ3n) is 4.40. The number of carbonyl (C=O) groups excluding carboxylic acids is 2. The van der Waals surface area contributed by atoms with Crippen LogP contribution in [0.3, 0.4) is 0 Å². The van der Waals surface area contributed by atoms with Gasteiger partial charge in [-0.05, 0) is 25.0 Å². The molecule has 3 rings (SSSR count). The highest BCUT2D eigenvalue weighted by molar-refractivity contribution is 5.90. The van der Waals surface area contributed by atoms with Crippen LogP contribution in [0, 0.1) is 0 Å². The Bertz CT molecular complexity index is 684. The van der Waals surface area contributed by atoms with Crippen LogP contribution in [0.5, 0.6) is 5.75 Å². The summed E-state index contributed by atoms with van der Waals surface area (Å²) in [5, 5.41) is 2.55. The third-order valence-corrected chi connectivity index (χ3v) is 4.40. The van der Waals surface area contributed by atoms with Crippen molar-refractivity contribution in [2.24, 2.45) is 0 Å². The van der Waals surface area contributed by atoms with Gasteiger partial charge in [0.1, 0.15) is 11.9 Å². The molecule has 148 valence electrons. The number of benzene rings is 1. The van der Waals surface area contributed by atoms with E-state index in [2.05, 4.69) is 10.1 Å². The number of carbonyl (C=O) groups is 2. The van der Waals surface area contributed by atoms with Crippen molar-refractivity contribution >= 4 is 17.6 Å². The molecular formula is C17H20F3N3O4. The summed E-state index contributed by atoms with van der Waals surface area (Å²) in [5.74, 6) is -0.461. The lowest BCUT2D eigenvalue weighted by Crippen LogP contribution is -2.53. The molecule has 2 aliphatic heterocycles. The molecule has 2 aliphatic rings. The van der Waals surface area contributed by atoms with Gasteiger partial charge in [0.2, 0.25) is 0 Å². The van der Waals surface area contributed by atoms with E-state index in [0.717, 1.165) is 25.0 Å². The predicted molar refractivity (Wildman–Crippen MR) is 89.3 cm³/mol. The summed E-state index contributed by atoms with van der Waals surface area (Å²) >= 11 is 0. The third kappa shape index (κ3) is 5.25. The van der Waals surface area contributed by atoms with Crippen molar-refractivity contribution in [3.8, 4) is 5.75 Å². The fourth-order valence-electron chi connectivity index (χ4n) is 3.08. The molecule has 7 nitrogen and oxygen atoms in total. The summed E-state index contributed by atoms with van der Waals surface area (Å²) in [6.07, 6.45) is -3.60. The first kappa shape index (κ1) is 19.3. The number of urea groups is 1. The zero-order valence-corrected chi connectivity index (χ0v) is 14.5. The van der Waals surface area contributed by atoms with Crippen LogP contribution in [0.1, 0.15) is 12.8 Å². The number of piperazine rings is 1. The number of amides is 3. The van der Waals surface area contributed by atoms with E-state index in [0.29, 0.717) is 32.8 Å². The van der Waals surface area contributed by atoms with E-state index >= 15 is 0 Å². The second-order valence-corrected chi connectivity index (χ2v) is 6.32. The normalized spacial score (nSPS) is 20.5. The maximum atomic E-state index is 12.3. The minimum atomic E-state index is -4.80. The van der Waals surface area contributed by atoms with Gasteiger partial charge in [-0.2, -0.15) is 0 Å². The Kier molecular flexibility index (Phi) is 5.73. The lowest BCUT2D eigenvalue weighted by Gasteiger charge is -2.35. The van der Waals surface area contributed by atoms with E-state index in [-0.39, 0.29) is 17.7 Å². The standard InChI is InChI=1S/C17H20F3N3O4/c18-17(19,20)27-13-4-1-3-12(11-13)21-16(25)23-8-6-22(7-9-23)15(24)14-5-2-10-26-14/h1,3-4,11,14H,2,5-10H2,(H,21,25)/t14-/m1/s1. The predicted octanol–water partition coefficient (Wildman–Crippen LogP) is 2.44. The summed E-state index contributed by atoms with van der Waals surface area (Å²) < 4.78 is 46.1. The van der Waals surface area contributed by atoms with Crippen molar-refractivity contribution in [3.63, 3.8) is 0 Å². The summed E-state index contributed by atoms with van der Waals surface area (Å²) in [7, 11) is 0. The molecule has 0 saturated carbocycles.